The van der Waals surface area contributed by atoms with Crippen LogP contribution in [0.25, 0.3) is 0 Å². The van der Waals surface area contributed by atoms with E-state index < -0.39 is 0 Å². The molecule has 3 rings (SSSR count). The van der Waals surface area contributed by atoms with Crippen molar-refractivity contribution >= 4 is 6.03 Å². The summed E-state index contributed by atoms with van der Waals surface area (Å²) in [7, 11) is 1.85. The number of carbonyl (C=O) groups is 1. The van der Waals surface area contributed by atoms with Gasteiger partial charge in [-0.2, -0.15) is 5.10 Å². The molecule has 0 saturated carbocycles. The lowest BCUT2D eigenvalue weighted by Crippen LogP contribution is -2.44. The Hall–Kier alpha value is -2.34. The van der Waals surface area contributed by atoms with Gasteiger partial charge in [0.15, 0.2) is 0 Å². The van der Waals surface area contributed by atoms with E-state index in [9.17, 15) is 9.90 Å². The molecule has 0 saturated heterocycles. The minimum absolute atomic E-state index is 0.0241. The molecule has 2 N–H and O–H groups in total. The average Bonchev–Trinajstić information content (AvgIpc) is 3.02. The zero-order chi connectivity index (χ0) is 16.9. The van der Waals surface area contributed by atoms with E-state index in [2.05, 4.69) is 22.5 Å². The molecule has 0 aliphatic heterocycles. The fraction of sp³-hybridized carbons (Fsp3) is 0.444. The number of amides is 2. The van der Waals surface area contributed by atoms with Crippen LogP contribution in [0.1, 0.15) is 35.6 Å². The predicted molar refractivity (Wildman–Crippen MR) is 91.4 cm³/mol. The van der Waals surface area contributed by atoms with Crippen molar-refractivity contribution in [3.63, 3.8) is 0 Å². The molecular formula is C18H24N4O2. The van der Waals surface area contributed by atoms with Crippen LogP contribution in [0.4, 0.5) is 4.79 Å². The topological polar surface area (TPSA) is 70.4 Å². The summed E-state index contributed by atoms with van der Waals surface area (Å²) < 4.78 is 1.71. The van der Waals surface area contributed by atoms with Gasteiger partial charge in [0.1, 0.15) is 0 Å². The molecule has 0 spiro atoms. The standard InChI is InChI=1S/C18H24N4O2/c1-21-13-14(12-20-21)11-19-18(24)22(9-10-23)17-8-4-6-15-5-2-3-7-16(15)17/h2-3,5,7,12-13,17,23H,4,6,8-11H2,1H3,(H,19,24). The predicted octanol–water partition coefficient (Wildman–Crippen LogP) is 2.00. The molecule has 1 atom stereocenters. The number of aliphatic hydroxyl groups excluding tert-OH is 1. The highest BCUT2D eigenvalue weighted by molar-refractivity contribution is 5.75. The van der Waals surface area contributed by atoms with Gasteiger partial charge < -0.3 is 15.3 Å². The molecular weight excluding hydrogens is 304 g/mol. The van der Waals surface area contributed by atoms with Crippen LogP contribution in [-0.2, 0) is 20.0 Å². The Balaban J connectivity index is 1.73. The molecule has 2 amide bonds. The van der Waals surface area contributed by atoms with Crippen molar-refractivity contribution in [2.75, 3.05) is 13.2 Å². The lowest BCUT2D eigenvalue weighted by Gasteiger charge is -2.35. The second kappa shape index (κ2) is 7.49. The third-order valence-electron chi connectivity index (χ3n) is 4.52. The van der Waals surface area contributed by atoms with E-state index in [1.54, 1.807) is 15.8 Å². The fourth-order valence-corrected chi connectivity index (χ4v) is 3.40. The minimum Gasteiger partial charge on any atom is -0.395 e. The van der Waals surface area contributed by atoms with Gasteiger partial charge in [-0.1, -0.05) is 24.3 Å². The summed E-state index contributed by atoms with van der Waals surface area (Å²) in [5.74, 6) is 0. The highest BCUT2D eigenvalue weighted by Crippen LogP contribution is 2.34. The first kappa shape index (κ1) is 16.5. The number of aliphatic hydroxyl groups is 1. The van der Waals surface area contributed by atoms with Crippen LogP contribution in [0, 0.1) is 0 Å². The van der Waals surface area contributed by atoms with Crippen LogP contribution in [0.3, 0.4) is 0 Å². The Morgan fingerprint density at radius 2 is 2.29 bits per heavy atom. The van der Waals surface area contributed by atoms with Gasteiger partial charge in [0.25, 0.3) is 0 Å². The average molecular weight is 328 g/mol. The van der Waals surface area contributed by atoms with E-state index in [0.717, 1.165) is 24.8 Å². The number of hydrogen-bond donors (Lipinski definition) is 2. The molecule has 0 bridgehead atoms. The quantitative estimate of drug-likeness (QED) is 0.882. The summed E-state index contributed by atoms with van der Waals surface area (Å²) in [4.78, 5) is 14.5. The Bertz CT molecular complexity index is 698. The van der Waals surface area contributed by atoms with E-state index in [-0.39, 0.29) is 18.7 Å². The van der Waals surface area contributed by atoms with Gasteiger partial charge >= 0.3 is 6.03 Å². The summed E-state index contributed by atoms with van der Waals surface area (Å²) >= 11 is 0. The summed E-state index contributed by atoms with van der Waals surface area (Å²) in [6, 6.07) is 8.16. The van der Waals surface area contributed by atoms with Crippen LogP contribution in [0.2, 0.25) is 0 Å². The molecule has 1 aromatic carbocycles. The summed E-state index contributed by atoms with van der Waals surface area (Å²) in [5, 5.41) is 16.5. The molecule has 1 aliphatic carbocycles. The Labute approximate surface area is 142 Å². The van der Waals surface area contributed by atoms with Gasteiger partial charge in [-0.25, -0.2) is 4.79 Å². The fourth-order valence-electron chi connectivity index (χ4n) is 3.40. The van der Waals surface area contributed by atoms with Gasteiger partial charge in [0.2, 0.25) is 0 Å². The number of aryl methyl sites for hydroxylation is 2. The van der Waals surface area contributed by atoms with E-state index in [1.807, 2.05) is 25.4 Å². The van der Waals surface area contributed by atoms with Crippen molar-refractivity contribution < 1.29 is 9.90 Å². The SMILES string of the molecule is Cn1cc(CNC(=O)N(CCO)C2CCCc3ccccc32)cn1. The largest absolute Gasteiger partial charge is 0.395 e. The Morgan fingerprint density at radius 1 is 1.46 bits per heavy atom. The van der Waals surface area contributed by atoms with Crippen molar-refractivity contribution in [2.45, 2.75) is 31.8 Å². The number of nitrogens with zero attached hydrogens (tertiary/aromatic N) is 3. The number of benzene rings is 1. The lowest BCUT2D eigenvalue weighted by atomic mass is 9.87. The van der Waals surface area contributed by atoms with Crippen molar-refractivity contribution in [3.05, 3.63) is 53.3 Å². The van der Waals surface area contributed by atoms with Crippen LogP contribution in [0.5, 0.6) is 0 Å². The molecule has 6 nitrogen and oxygen atoms in total. The van der Waals surface area contributed by atoms with Crippen molar-refractivity contribution in [1.82, 2.24) is 20.0 Å². The molecule has 0 fully saturated rings. The lowest BCUT2D eigenvalue weighted by molar-refractivity contribution is 0.144. The van der Waals surface area contributed by atoms with Gasteiger partial charge in [0.05, 0.1) is 18.8 Å². The second-order valence-corrected chi connectivity index (χ2v) is 6.20. The van der Waals surface area contributed by atoms with Gasteiger partial charge in [-0.05, 0) is 30.4 Å². The highest BCUT2D eigenvalue weighted by Gasteiger charge is 2.28. The number of nitrogens with one attached hydrogen (secondary N) is 1. The van der Waals surface area contributed by atoms with Gasteiger partial charge in [-0.15, -0.1) is 0 Å². The van der Waals surface area contributed by atoms with Crippen LogP contribution >= 0.6 is 0 Å². The van der Waals surface area contributed by atoms with E-state index in [0.29, 0.717) is 13.1 Å². The summed E-state index contributed by atoms with van der Waals surface area (Å²) in [6.45, 7) is 0.722. The van der Waals surface area contributed by atoms with Gasteiger partial charge in [-0.3, -0.25) is 4.68 Å². The van der Waals surface area contributed by atoms with E-state index in [1.165, 1.54) is 11.1 Å². The second-order valence-electron chi connectivity index (χ2n) is 6.20. The smallest absolute Gasteiger partial charge is 0.318 e. The monoisotopic (exact) mass is 328 g/mol. The molecule has 24 heavy (non-hydrogen) atoms. The number of rotatable bonds is 5. The first-order chi connectivity index (χ1) is 11.7. The summed E-state index contributed by atoms with van der Waals surface area (Å²) in [5.41, 5.74) is 3.46. The molecule has 0 radical (unpaired) electrons. The summed E-state index contributed by atoms with van der Waals surface area (Å²) in [6.07, 6.45) is 6.66. The minimum atomic E-state index is -0.144. The van der Waals surface area contributed by atoms with Crippen LogP contribution < -0.4 is 5.32 Å². The molecule has 1 heterocycles. The van der Waals surface area contributed by atoms with Crippen molar-refractivity contribution in [3.8, 4) is 0 Å². The van der Waals surface area contributed by atoms with Gasteiger partial charge in [0, 0.05) is 31.9 Å². The number of fused-ring (bicyclic) bond motifs is 1. The third kappa shape index (κ3) is 3.59. The maximum absolute atomic E-state index is 12.7. The molecule has 6 heteroatoms. The van der Waals surface area contributed by atoms with E-state index in [4.69, 9.17) is 0 Å². The number of urea groups is 1. The zero-order valence-electron chi connectivity index (χ0n) is 14.0. The molecule has 1 unspecified atom stereocenters. The Kier molecular flexibility index (Phi) is 5.15. The molecule has 1 aromatic heterocycles. The Morgan fingerprint density at radius 3 is 3.04 bits per heavy atom. The third-order valence-corrected chi connectivity index (χ3v) is 4.52. The van der Waals surface area contributed by atoms with Crippen molar-refractivity contribution in [1.29, 1.82) is 0 Å². The number of hydrogen-bond acceptors (Lipinski definition) is 3. The normalized spacial score (nSPS) is 16.5. The maximum Gasteiger partial charge on any atom is 0.318 e. The molecule has 128 valence electrons. The zero-order valence-corrected chi connectivity index (χ0v) is 14.0. The number of aromatic nitrogens is 2. The first-order valence-corrected chi connectivity index (χ1v) is 8.39. The first-order valence-electron chi connectivity index (χ1n) is 8.39. The number of carbonyl (C=O) groups excluding carboxylic acids is 1. The highest BCUT2D eigenvalue weighted by atomic mass is 16.3. The van der Waals surface area contributed by atoms with Crippen molar-refractivity contribution in [2.24, 2.45) is 7.05 Å². The van der Waals surface area contributed by atoms with Crippen LogP contribution in [0.15, 0.2) is 36.7 Å². The maximum atomic E-state index is 12.7. The molecule has 1 aliphatic rings. The molecule has 2 aromatic rings. The van der Waals surface area contributed by atoms with Crippen LogP contribution in [-0.4, -0.2) is 39.0 Å². The van der Waals surface area contributed by atoms with E-state index >= 15 is 0 Å².